The second kappa shape index (κ2) is 7.00. The van der Waals surface area contributed by atoms with E-state index in [0.29, 0.717) is 0 Å². The zero-order chi connectivity index (χ0) is 16.2. The number of benzene rings is 3. The van der Waals surface area contributed by atoms with Gasteiger partial charge in [-0.1, -0.05) is 0 Å². The van der Waals surface area contributed by atoms with Crippen molar-refractivity contribution in [3.05, 3.63) is 102 Å². The Labute approximate surface area is 148 Å². The average Bonchev–Trinajstić information content (AvgIpc) is 3.07. The molecule has 0 saturated heterocycles. The van der Waals surface area contributed by atoms with Gasteiger partial charge in [0.25, 0.3) is 0 Å². The quantitative estimate of drug-likeness (QED) is 0.455. The molecule has 0 radical (unpaired) electrons. The van der Waals surface area contributed by atoms with Crippen LogP contribution in [-0.4, -0.2) is 18.7 Å². The number of hydrogen-bond donors (Lipinski definition) is 0. The molecule has 0 amide bonds. The topological polar surface area (TPSA) is 12.9 Å². The van der Waals surface area contributed by atoms with Crippen molar-refractivity contribution in [3.8, 4) is 21.1 Å². The van der Waals surface area contributed by atoms with Gasteiger partial charge >= 0.3 is 149 Å². The minimum absolute atomic E-state index is 0.136. The van der Waals surface area contributed by atoms with Crippen molar-refractivity contribution in [2.24, 2.45) is 0 Å². The maximum atomic E-state index is 4.95. The van der Waals surface area contributed by atoms with Gasteiger partial charge < -0.3 is 0 Å². The van der Waals surface area contributed by atoms with Crippen LogP contribution in [0.15, 0.2) is 91.0 Å². The Bertz CT molecular complexity index is 912. The third kappa shape index (κ3) is 3.12. The Hall–Kier alpha value is -2.41. The SMILES string of the molecule is c1ccc(Cc2n[se]c(-c3ccccc3)c2-c2ccccc2)cc1. The van der Waals surface area contributed by atoms with Crippen LogP contribution in [0.3, 0.4) is 0 Å². The molecule has 4 rings (SSSR count). The van der Waals surface area contributed by atoms with Crippen molar-refractivity contribution in [1.29, 1.82) is 0 Å². The van der Waals surface area contributed by atoms with E-state index >= 15 is 0 Å². The normalized spacial score (nSPS) is 10.7. The minimum atomic E-state index is 0.136. The summed E-state index contributed by atoms with van der Waals surface area (Å²) in [6.45, 7) is 0. The van der Waals surface area contributed by atoms with Gasteiger partial charge in [-0.3, -0.25) is 0 Å². The van der Waals surface area contributed by atoms with Crippen LogP contribution in [0.1, 0.15) is 11.3 Å². The van der Waals surface area contributed by atoms with Crippen LogP contribution >= 0.6 is 0 Å². The summed E-state index contributed by atoms with van der Waals surface area (Å²) in [5.74, 6) is 0. The van der Waals surface area contributed by atoms with Crippen molar-refractivity contribution >= 4 is 14.7 Å². The van der Waals surface area contributed by atoms with Crippen molar-refractivity contribution in [1.82, 2.24) is 3.98 Å². The zero-order valence-corrected chi connectivity index (χ0v) is 14.9. The van der Waals surface area contributed by atoms with Crippen molar-refractivity contribution < 1.29 is 0 Å². The van der Waals surface area contributed by atoms with Gasteiger partial charge in [-0.05, 0) is 0 Å². The molecule has 0 bridgehead atoms. The Kier molecular flexibility index (Phi) is 4.42. The molecule has 116 valence electrons. The third-order valence-electron chi connectivity index (χ3n) is 4.08. The number of aromatic nitrogens is 1. The van der Waals surface area contributed by atoms with Gasteiger partial charge in [-0.25, -0.2) is 0 Å². The number of nitrogens with zero attached hydrogens (tertiary/aromatic N) is 1. The summed E-state index contributed by atoms with van der Waals surface area (Å²) in [5.41, 5.74) is 6.42. The molecule has 1 nitrogen and oxygen atoms in total. The molecule has 0 unspecified atom stereocenters. The first kappa shape index (κ1) is 15.1. The molecule has 0 atom stereocenters. The Morgan fingerprint density at radius 3 is 1.79 bits per heavy atom. The molecular weight excluding hydrogens is 357 g/mol. The first-order valence-corrected chi connectivity index (χ1v) is 9.67. The summed E-state index contributed by atoms with van der Waals surface area (Å²) >= 11 is 0.136. The van der Waals surface area contributed by atoms with Gasteiger partial charge in [0.15, 0.2) is 0 Å². The molecular formula is C22H17NSe. The average molecular weight is 374 g/mol. The van der Waals surface area contributed by atoms with E-state index in [1.165, 1.54) is 32.4 Å². The van der Waals surface area contributed by atoms with E-state index in [-0.39, 0.29) is 14.7 Å². The van der Waals surface area contributed by atoms with Gasteiger partial charge in [-0.2, -0.15) is 0 Å². The van der Waals surface area contributed by atoms with Crippen LogP contribution in [-0.2, 0) is 6.42 Å². The maximum absolute atomic E-state index is 4.95. The molecule has 0 saturated carbocycles. The van der Waals surface area contributed by atoms with E-state index in [9.17, 15) is 0 Å². The summed E-state index contributed by atoms with van der Waals surface area (Å²) in [5, 5.41) is 0. The van der Waals surface area contributed by atoms with Gasteiger partial charge in [-0.15, -0.1) is 0 Å². The third-order valence-corrected chi connectivity index (χ3v) is 6.04. The first-order chi connectivity index (χ1) is 11.9. The fourth-order valence-electron chi connectivity index (χ4n) is 2.92. The van der Waals surface area contributed by atoms with Crippen molar-refractivity contribution in [2.45, 2.75) is 6.42 Å². The molecule has 1 aromatic heterocycles. The molecule has 24 heavy (non-hydrogen) atoms. The molecule has 0 aliphatic carbocycles. The van der Waals surface area contributed by atoms with Gasteiger partial charge in [0, 0.05) is 0 Å². The molecule has 0 aliphatic rings. The summed E-state index contributed by atoms with van der Waals surface area (Å²) in [6, 6.07) is 32.0. The predicted molar refractivity (Wildman–Crippen MR) is 101 cm³/mol. The molecule has 4 aromatic rings. The van der Waals surface area contributed by atoms with Crippen molar-refractivity contribution in [3.63, 3.8) is 0 Å². The molecule has 0 N–H and O–H groups in total. The molecule has 0 fully saturated rings. The van der Waals surface area contributed by atoms with Crippen LogP contribution in [0.5, 0.6) is 0 Å². The molecule has 3 aromatic carbocycles. The Balaban J connectivity index is 1.84. The molecule has 0 aliphatic heterocycles. The van der Waals surface area contributed by atoms with Crippen LogP contribution < -0.4 is 0 Å². The van der Waals surface area contributed by atoms with E-state index in [0.717, 1.165) is 6.42 Å². The number of hydrogen-bond acceptors (Lipinski definition) is 1. The standard InChI is InChI=1S/C22H17NSe/c1-4-10-17(11-5-1)16-20-21(18-12-6-2-7-13-18)22(24-23-20)19-14-8-3-9-15-19/h1-15H,16H2. The fourth-order valence-corrected chi connectivity index (χ4v) is 4.86. The fraction of sp³-hybridized carbons (Fsp3) is 0.0455. The van der Waals surface area contributed by atoms with E-state index in [2.05, 4.69) is 91.0 Å². The van der Waals surface area contributed by atoms with Crippen molar-refractivity contribution in [2.75, 3.05) is 0 Å². The van der Waals surface area contributed by atoms with E-state index < -0.39 is 0 Å². The Morgan fingerprint density at radius 2 is 1.17 bits per heavy atom. The van der Waals surface area contributed by atoms with Crippen LogP contribution in [0.2, 0.25) is 0 Å². The summed E-state index contributed by atoms with van der Waals surface area (Å²) in [7, 11) is 0. The van der Waals surface area contributed by atoms with E-state index in [1.807, 2.05) is 0 Å². The van der Waals surface area contributed by atoms with Crippen LogP contribution in [0, 0.1) is 0 Å². The van der Waals surface area contributed by atoms with E-state index in [1.54, 1.807) is 0 Å². The van der Waals surface area contributed by atoms with Gasteiger partial charge in [0.2, 0.25) is 0 Å². The Morgan fingerprint density at radius 1 is 0.625 bits per heavy atom. The second-order valence-electron chi connectivity index (χ2n) is 5.73. The summed E-state index contributed by atoms with van der Waals surface area (Å²) < 4.78 is 6.34. The van der Waals surface area contributed by atoms with Gasteiger partial charge in [0.05, 0.1) is 0 Å². The van der Waals surface area contributed by atoms with E-state index in [4.69, 9.17) is 3.98 Å². The summed E-state index contributed by atoms with van der Waals surface area (Å²) in [4.78, 5) is 0. The first-order valence-electron chi connectivity index (χ1n) is 8.05. The molecule has 1 heterocycles. The van der Waals surface area contributed by atoms with Crippen LogP contribution in [0.4, 0.5) is 0 Å². The monoisotopic (exact) mass is 375 g/mol. The zero-order valence-electron chi connectivity index (χ0n) is 13.2. The molecule has 0 spiro atoms. The second-order valence-corrected chi connectivity index (χ2v) is 7.35. The van der Waals surface area contributed by atoms with Crippen LogP contribution in [0.25, 0.3) is 21.1 Å². The molecule has 2 heteroatoms. The van der Waals surface area contributed by atoms with Gasteiger partial charge in [0.1, 0.15) is 0 Å². The number of rotatable bonds is 4. The summed E-state index contributed by atoms with van der Waals surface area (Å²) in [6.07, 6.45) is 0.892. The predicted octanol–water partition coefficient (Wildman–Crippen LogP) is 5.06.